The summed E-state index contributed by atoms with van der Waals surface area (Å²) in [5.41, 5.74) is 5.64. The second-order valence-corrected chi connectivity index (χ2v) is 5.20. The van der Waals surface area contributed by atoms with Crippen LogP contribution < -0.4 is 5.73 Å². The first-order chi connectivity index (χ1) is 7.48. The topological polar surface area (TPSA) is 99.1 Å². The number of aromatic nitrogens is 2. The van der Waals surface area contributed by atoms with Crippen LogP contribution in [0.2, 0.25) is 0 Å². The molecule has 1 aromatic heterocycles. The molecule has 0 bridgehead atoms. The number of rotatable bonds is 2. The highest BCUT2D eigenvalue weighted by atomic mass is 32.2. The van der Waals surface area contributed by atoms with Gasteiger partial charge in [0.05, 0.1) is 10.5 Å². The van der Waals surface area contributed by atoms with Crippen molar-refractivity contribution in [2.75, 3.05) is 12.0 Å². The quantitative estimate of drug-likeness (QED) is 0.829. The lowest BCUT2D eigenvalue weighted by Gasteiger charge is -2.02. The highest BCUT2D eigenvalue weighted by Gasteiger charge is 2.17. The molecule has 1 heterocycles. The Hall–Kier alpha value is -1.89. The SMILES string of the molecule is CS(=O)(=O)c1ccccc1-c1nnc(N)o1. The lowest BCUT2D eigenvalue weighted by molar-refractivity contribution is 0.584. The van der Waals surface area contributed by atoms with E-state index in [1.165, 1.54) is 6.07 Å². The van der Waals surface area contributed by atoms with Crippen LogP contribution in [0.4, 0.5) is 6.01 Å². The van der Waals surface area contributed by atoms with Crippen LogP contribution in [0.1, 0.15) is 0 Å². The van der Waals surface area contributed by atoms with Gasteiger partial charge in [-0.05, 0) is 12.1 Å². The minimum absolute atomic E-state index is 0.0959. The van der Waals surface area contributed by atoms with Gasteiger partial charge < -0.3 is 10.2 Å². The number of anilines is 1. The number of benzene rings is 1. The van der Waals surface area contributed by atoms with Gasteiger partial charge in [-0.1, -0.05) is 17.2 Å². The predicted molar refractivity (Wildman–Crippen MR) is 57.3 cm³/mol. The van der Waals surface area contributed by atoms with Crippen LogP contribution in [0, 0.1) is 0 Å². The van der Waals surface area contributed by atoms with E-state index in [1.54, 1.807) is 18.2 Å². The summed E-state index contributed by atoms with van der Waals surface area (Å²) in [6.07, 6.45) is 1.12. The van der Waals surface area contributed by atoms with Crippen molar-refractivity contribution in [2.24, 2.45) is 0 Å². The van der Waals surface area contributed by atoms with Gasteiger partial charge in [0.25, 0.3) is 5.89 Å². The second-order valence-electron chi connectivity index (χ2n) is 3.21. The van der Waals surface area contributed by atoms with Crippen LogP contribution in [-0.4, -0.2) is 24.9 Å². The van der Waals surface area contributed by atoms with Crippen LogP contribution >= 0.6 is 0 Å². The summed E-state index contributed by atoms with van der Waals surface area (Å²) in [6.45, 7) is 0. The van der Waals surface area contributed by atoms with Crippen molar-refractivity contribution >= 4 is 15.9 Å². The van der Waals surface area contributed by atoms with Crippen LogP contribution in [0.5, 0.6) is 0 Å². The maximum Gasteiger partial charge on any atom is 0.313 e. The number of hydrogen-bond donors (Lipinski definition) is 1. The number of hydrogen-bond acceptors (Lipinski definition) is 6. The zero-order valence-corrected chi connectivity index (χ0v) is 9.23. The zero-order valence-electron chi connectivity index (χ0n) is 8.41. The van der Waals surface area contributed by atoms with Gasteiger partial charge in [-0.2, -0.15) is 0 Å². The maximum absolute atomic E-state index is 11.5. The van der Waals surface area contributed by atoms with Gasteiger partial charge >= 0.3 is 6.01 Å². The molecule has 1 aromatic carbocycles. The monoisotopic (exact) mass is 239 g/mol. The van der Waals surface area contributed by atoms with Gasteiger partial charge in [-0.15, -0.1) is 5.10 Å². The van der Waals surface area contributed by atoms with Crippen molar-refractivity contribution in [3.63, 3.8) is 0 Å². The Morgan fingerprint density at radius 2 is 1.94 bits per heavy atom. The molecule has 0 saturated heterocycles. The molecular formula is C9H9N3O3S. The summed E-state index contributed by atoms with van der Waals surface area (Å²) in [4.78, 5) is 0.138. The molecule has 0 atom stereocenters. The molecule has 0 aliphatic heterocycles. The first-order valence-electron chi connectivity index (χ1n) is 4.37. The van der Waals surface area contributed by atoms with E-state index in [1.807, 2.05) is 0 Å². The van der Waals surface area contributed by atoms with Gasteiger partial charge in [0.1, 0.15) is 0 Å². The normalized spacial score (nSPS) is 11.6. The lowest BCUT2D eigenvalue weighted by atomic mass is 10.2. The third-order valence-electron chi connectivity index (χ3n) is 1.96. The van der Waals surface area contributed by atoms with Crippen molar-refractivity contribution in [2.45, 2.75) is 4.90 Å². The van der Waals surface area contributed by atoms with Gasteiger partial charge in [0.15, 0.2) is 9.84 Å². The third kappa shape index (κ3) is 1.89. The molecule has 0 aliphatic carbocycles. The van der Waals surface area contributed by atoms with Crippen LogP contribution in [-0.2, 0) is 9.84 Å². The fourth-order valence-electron chi connectivity index (χ4n) is 1.31. The summed E-state index contributed by atoms with van der Waals surface area (Å²) in [5, 5.41) is 7.14. The number of sulfone groups is 1. The highest BCUT2D eigenvalue weighted by Crippen LogP contribution is 2.26. The smallest absolute Gasteiger partial charge is 0.313 e. The summed E-state index contributed by atoms with van der Waals surface area (Å²) in [5.74, 6) is 0.0959. The number of nitrogen functional groups attached to an aromatic ring is 1. The van der Waals surface area contributed by atoms with E-state index in [4.69, 9.17) is 10.2 Å². The van der Waals surface area contributed by atoms with Crippen molar-refractivity contribution in [1.29, 1.82) is 0 Å². The Kier molecular flexibility index (Phi) is 2.39. The summed E-state index contributed by atoms with van der Waals surface area (Å²) >= 11 is 0. The summed E-state index contributed by atoms with van der Waals surface area (Å²) in [7, 11) is -3.34. The zero-order chi connectivity index (χ0) is 11.8. The Labute approximate surface area is 92.0 Å². The van der Waals surface area contributed by atoms with Gasteiger partial charge in [0.2, 0.25) is 0 Å². The molecule has 0 fully saturated rings. The molecule has 2 rings (SSSR count). The largest absolute Gasteiger partial charge is 0.404 e. The molecule has 0 aliphatic rings. The third-order valence-corrected chi connectivity index (χ3v) is 3.11. The van der Waals surface area contributed by atoms with Crippen LogP contribution in [0.15, 0.2) is 33.6 Å². The fourth-order valence-corrected chi connectivity index (χ4v) is 2.19. The summed E-state index contributed by atoms with van der Waals surface area (Å²) in [6, 6.07) is 6.27. The highest BCUT2D eigenvalue weighted by molar-refractivity contribution is 7.90. The molecule has 2 N–H and O–H groups in total. The minimum atomic E-state index is -3.34. The second kappa shape index (κ2) is 3.60. The van der Waals surface area contributed by atoms with Gasteiger partial charge in [-0.3, -0.25) is 0 Å². The van der Waals surface area contributed by atoms with E-state index in [0.717, 1.165) is 6.26 Å². The van der Waals surface area contributed by atoms with E-state index < -0.39 is 9.84 Å². The van der Waals surface area contributed by atoms with Crippen molar-refractivity contribution in [3.05, 3.63) is 24.3 Å². The molecule has 0 unspecified atom stereocenters. The Morgan fingerprint density at radius 3 is 2.50 bits per heavy atom. The van der Waals surface area contributed by atoms with Crippen LogP contribution in [0.3, 0.4) is 0 Å². The average Bonchev–Trinajstić information content (AvgIpc) is 2.64. The molecule has 0 radical (unpaired) electrons. The molecular weight excluding hydrogens is 230 g/mol. The Balaban J connectivity index is 2.66. The molecule has 6 nitrogen and oxygen atoms in total. The molecule has 16 heavy (non-hydrogen) atoms. The fraction of sp³-hybridized carbons (Fsp3) is 0.111. The lowest BCUT2D eigenvalue weighted by Crippen LogP contribution is -1.99. The van der Waals surface area contributed by atoms with Gasteiger partial charge in [-0.25, -0.2) is 8.42 Å². The van der Waals surface area contributed by atoms with Crippen molar-refractivity contribution in [3.8, 4) is 11.5 Å². The Morgan fingerprint density at radius 1 is 1.25 bits per heavy atom. The first-order valence-corrected chi connectivity index (χ1v) is 6.26. The maximum atomic E-state index is 11.5. The van der Waals surface area contributed by atoms with Crippen molar-refractivity contribution in [1.82, 2.24) is 10.2 Å². The van der Waals surface area contributed by atoms with E-state index in [0.29, 0.717) is 5.56 Å². The molecule has 7 heteroatoms. The average molecular weight is 239 g/mol. The standard InChI is InChI=1S/C9H9N3O3S/c1-16(13,14)7-5-3-2-4-6(7)8-11-12-9(10)15-8/h2-5H,1H3,(H2,10,12). The number of nitrogens with zero attached hydrogens (tertiary/aromatic N) is 2. The van der Waals surface area contributed by atoms with Crippen molar-refractivity contribution < 1.29 is 12.8 Å². The first kappa shape index (κ1) is 10.6. The molecule has 0 amide bonds. The van der Waals surface area contributed by atoms with E-state index in [9.17, 15) is 8.42 Å². The van der Waals surface area contributed by atoms with Crippen LogP contribution in [0.25, 0.3) is 11.5 Å². The number of nitrogens with two attached hydrogens (primary N) is 1. The van der Waals surface area contributed by atoms with E-state index >= 15 is 0 Å². The molecule has 0 saturated carbocycles. The Bertz CT molecular complexity index is 618. The summed E-state index contributed by atoms with van der Waals surface area (Å²) < 4.78 is 28.0. The predicted octanol–water partition coefficient (Wildman–Crippen LogP) is 0.722. The molecule has 2 aromatic rings. The van der Waals surface area contributed by atoms with Gasteiger partial charge in [0, 0.05) is 6.26 Å². The van der Waals surface area contributed by atoms with E-state index in [-0.39, 0.29) is 16.8 Å². The van der Waals surface area contributed by atoms with E-state index in [2.05, 4.69) is 10.2 Å². The minimum Gasteiger partial charge on any atom is -0.404 e. The molecule has 84 valence electrons. The molecule has 0 spiro atoms.